The molecule has 1 N–H and O–H groups in total. The van der Waals surface area contributed by atoms with Crippen molar-refractivity contribution in [3.8, 4) is 6.07 Å². The second-order valence-corrected chi connectivity index (χ2v) is 4.60. The van der Waals surface area contributed by atoms with Gasteiger partial charge in [0.05, 0.1) is 17.9 Å². The Hall–Kier alpha value is -2.38. The molecule has 0 atom stereocenters. The van der Waals surface area contributed by atoms with Crippen molar-refractivity contribution in [1.29, 1.82) is 5.26 Å². The second-order valence-electron chi connectivity index (χ2n) is 4.60. The fourth-order valence-corrected chi connectivity index (χ4v) is 2.05. The maximum Gasteiger partial charge on any atom is 0.123 e. The smallest absolute Gasteiger partial charge is 0.123 e. The molecule has 0 fully saturated rings. The Labute approximate surface area is 117 Å². The number of aliphatic hydroxyl groups excluding tert-OH is 1. The standard InChI is InChI=1S/C16H15FN2O/c1-19(10-12-2-5-15(17)6-3-12)16-7-4-13(11-20)8-14(16)9-18/h2-8,20H,10-11H2,1H3. The minimum atomic E-state index is -0.263. The van der Waals surface area contributed by atoms with Crippen molar-refractivity contribution < 1.29 is 9.50 Å². The number of aliphatic hydroxyl groups is 1. The Morgan fingerprint density at radius 3 is 2.40 bits per heavy atom. The highest BCUT2D eigenvalue weighted by Gasteiger charge is 2.09. The first-order valence-electron chi connectivity index (χ1n) is 6.23. The van der Waals surface area contributed by atoms with Gasteiger partial charge in [0.2, 0.25) is 0 Å². The van der Waals surface area contributed by atoms with Crippen molar-refractivity contribution in [2.75, 3.05) is 11.9 Å². The lowest BCUT2D eigenvalue weighted by Gasteiger charge is -2.21. The molecule has 0 aliphatic rings. The van der Waals surface area contributed by atoms with E-state index in [1.54, 1.807) is 24.3 Å². The summed E-state index contributed by atoms with van der Waals surface area (Å²) in [5.41, 5.74) is 2.97. The number of nitrogens with zero attached hydrogens (tertiary/aromatic N) is 2. The zero-order valence-electron chi connectivity index (χ0n) is 11.2. The molecule has 2 aromatic rings. The van der Waals surface area contributed by atoms with Gasteiger partial charge in [0.15, 0.2) is 0 Å². The second kappa shape index (κ2) is 6.18. The average molecular weight is 270 g/mol. The molecule has 0 heterocycles. The van der Waals surface area contributed by atoms with Crippen molar-refractivity contribution >= 4 is 5.69 Å². The minimum absolute atomic E-state index is 0.0867. The molecule has 0 bridgehead atoms. The summed E-state index contributed by atoms with van der Waals surface area (Å²) < 4.78 is 12.9. The van der Waals surface area contributed by atoms with Crippen LogP contribution in [0.4, 0.5) is 10.1 Å². The van der Waals surface area contributed by atoms with E-state index in [1.165, 1.54) is 12.1 Å². The lowest BCUT2D eigenvalue weighted by molar-refractivity contribution is 0.282. The monoisotopic (exact) mass is 270 g/mol. The molecule has 2 aromatic carbocycles. The average Bonchev–Trinajstić information content (AvgIpc) is 2.48. The predicted octanol–water partition coefficient (Wildman–Crippen LogP) is 2.83. The summed E-state index contributed by atoms with van der Waals surface area (Å²) in [6.45, 7) is 0.490. The van der Waals surface area contributed by atoms with Crippen LogP contribution in [0.5, 0.6) is 0 Å². The van der Waals surface area contributed by atoms with E-state index in [9.17, 15) is 9.65 Å². The summed E-state index contributed by atoms with van der Waals surface area (Å²) in [5, 5.41) is 18.3. The van der Waals surface area contributed by atoms with Gasteiger partial charge in [0.1, 0.15) is 11.9 Å². The van der Waals surface area contributed by atoms with Gasteiger partial charge >= 0.3 is 0 Å². The number of nitriles is 1. The van der Waals surface area contributed by atoms with Crippen LogP contribution in [0.2, 0.25) is 0 Å². The third kappa shape index (κ3) is 3.14. The van der Waals surface area contributed by atoms with Gasteiger partial charge in [-0.25, -0.2) is 4.39 Å². The normalized spacial score (nSPS) is 10.1. The van der Waals surface area contributed by atoms with Gasteiger partial charge in [-0.1, -0.05) is 18.2 Å². The number of halogens is 1. The quantitative estimate of drug-likeness (QED) is 0.929. The number of anilines is 1. The molecule has 0 aliphatic heterocycles. The van der Waals surface area contributed by atoms with E-state index in [4.69, 9.17) is 5.11 Å². The van der Waals surface area contributed by atoms with E-state index in [0.29, 0.717) is 17.7 Å². The fourth-order valence-electron chi connectivity index (χ4n) is 2.05. The van der Waals surface area contributed by atoms with Crippen molar-refractivity contribution in [2.24, 2.45) is 0 Å². The van der Waals surface area contributed by atoms with Crippen LogP contribution < -0.4 is 4.90 Å². The summed E-state index contributed by atoms with van der Waals surface area (Å²) in [6.07, 6.45) is 0. The Kier molecular flexibility index (Phi) is 4.34. The third-order valence-electron chi connectivity index (χ3n) is 3.11. The van der Waals surface area contributed by atoms with Gasteiger partial charge in [-0.15, -0.1) is 0 Å². The first kappa shape index (κ1) is 14.0. The van der Waals surface area contributed by atoms with Gasteiger partial charge in [-0.3, -0.25) is 0 Å². The molecule has 20 heavy (non-hydrogen) atoms. The van der Waals surface area contributed by atoms with Crippen LogP contribution >= 0.6 is 0 Å². The predicted molar refractivity (Wildman–Crippen MR) is 75.6 cm³/mol. The molecule has 102 valence electrons. The third-order valence-corrected chi connectivity index (χ3v) is 3.11. The summed E-state index contributed by atoms with van der Waals surface area (Å²) >= 11 is 0. The number of hydrogen-bond donors (Lipinski definition) is 1. The highest BCUT2D eigenvalue weighted by molar-refractivity contribution is 5.60. The van der Waals surface area contributed by atoms with Crippen molar-refractivity contribution in [2.45, 2.75) is 13.2 Å². The zero-order chi connectivity index (χ0) is 14.5. The number of hydrogen-bond acceptors (Lipinski definition) is 3. The molecule has 3 nitrogen and oxygen atoms in total. The van der Waals surface area contributed by atoms with Gasteiger partial charge in [-0.05, 0) is 35.4 Å². The zero-order valence-corrected chi connectivity index (χ0v) is 11.2. The van der Waals surface area contributed by atoms with E-state index >= 15 is 0 Å². The molecule has 0 spiro atoms. The number of rotatable bonds is 4. The lowest BCUT2D eigenvalue weighted by Crippen LogP contribution is -2.17. The molecule has 0 saturated carbocycles. The van der Waals surface area contributed by atoms with Crippen LogP contribution in [-0.4, -0.2) is 12.2 Å². The van der Waals surface area contributed by atoms with Crippen LogP contribution in [-0.2, 0) is 13.2 Å². The maximum atomic E-state index is 12.9. The first-order valence-corrected chi connectivity index (χ1v) is 6.23. The highest BCUT2D eigenvalue weighted by Crippen LogP contribution is 2.22. The molecule has 0 unspecified atom stereocenters. The van der Waals surface area contributed by atoms with Crippen LogP contribution in [0.3, 0.4) is 0 Å². The summed E-state index contributed by atoms with van der Waals surface area (Å²) in [7, 11) is 1.87. The first-order chi connectivity index (χ1) is 9.63. The maximum absolute atomic E-state index is 12.9. The largest absolute Gasteiger partial charge is 0.392 e. The van der Waals surface area contributed by atoms with Gasteiger partial charge < -0.3 is 10.0 Å². The van der Waals surface area contributed by atoms with Gasteiger partial charge in [-0.2, -0.15) is 5.26 Å². The van der Waals surface area contributed by atoms with E-state index in [1.807, 2.05) is 18.0 Å². The van der Waals surface area contributed by atoms with Crippen LogP contribution in [0.25, 0.3) is 0 Å². The molecular formula is C16H15FN2O. The minimum Gasteiger partial charge on any atom is -0.392 e. The van der Waals surface area contributed by atoms with Crippen molar-refractivity contribution in [3.63, 3.8) is 0 Å². The van der Waals surface area contributed by atoms with Gasteiger partial charge in [0, 0.05) is 13.6 Å². The fraction of sp³-hybridized carbons (Fsp3) is 0.188. The molecule has 2 rings (SSSR count). The van der Waals surface area contributed by atoms with Crippen molar-refractivity contribution in [3.05, 3.63) is 65.0 Å². The van der Waals surface area contributed by atoms with Gasteiger partial charge in [0.25, 0.3) is 0 Å². The number of benzene rings is 2. The Bertz CT molecular complexity index is 632. The highest BCUT2D eigenvalue weighted by atomic mass is 19.1. The van der Waals surface area contributed by atoms with Crippen LogP contribution in [0.1, 0.15) is 16.7 Å². The molecule has 0 aromatic heterocycles. The molecule has 4 heteroatoms. The van der Waals surface area contributed by atoms with Crippen molar-refractivity contribution in [1.82, 2.24) is 0 Å². The van der Waals surface area contributed by atoms with E-state index < -0.39 is 0 Å². The molecule has 0 saturated heterocycles. The Morgan fingerprint density at radius 2 is 1.80 bits per heavy atom. The Morgan fingerprint density at radius 1 is 1.15 bits per heavy atom. The van der Waals surface area contributed by atoms with E-state index in [2.05, 4.69) is 6.07 Å². The molecule has 0 radical (unpaired) electrons. The molecular weight excluding hydrogens is 255 g/mol. The summed E-state index contributed by atoms with van der Waals surface area (Å²) in [6, 6.07) is 13.7. The lowest BCUT2D eigenvalue weighted by atomic mass is 10.1. The van der Waals surface area contributed by atoms with Crippen LogP contribution in [0, 0.1) is 17.1 Å². The molecule has 0 aliphatic carbocycles. The SMILES string of the molecule is CN(Cc1ccc(F)cc1)c1ccc(CO)cc1C#N. The summed E-state index contributed by atoms with van der Waals surface area (Å²) in [4.78, 5) is 1.92. The van der Waals surface area contributed by atoms with Crippen LogP contribution in [0.15, 0.2) is 42.5 Å². The van der Waals surface area contributed by atoms with E-state index in [-0.39, 0.29) is 12.4 Å². The Balaban J connectivity index is 2.22. The molecule has 0 amide bonds. The summed E-state index contributed by atoms with van der Waals surface area (Å²) in [5.74, 6) is -0.263. The van der Waals surface area contributed by atoms with E-state index in [0.717, 1.165) is 11.3 Å². The topological polar surface area (TPSA) is 47.3 Å².